The normalized spacial score (nSPS) is 9.21. The zero-order chi connectivity index (χ0) is 10.7. The van der Waals surface area contributed by atoms with Crippen LogP contribution in [-0.2, 0) is 0 Å². The van der Waals surface area contributed by atoms with Crippen molar-refractivity contribution in [2.24, 2.45) is 0 Å². The predicted molar refractivity (Wildman–Crippen MR) is 54.7 cm³/mol. The Balaban J connectivity index is 3.34. The quantitative estimate of drug-likeness (QED) is 0.574. The molecule has 0 N–H and O–H groups in total. The molecule has 1 rings (SSSR count). The van der Waals surface area contributed by atoms with Gasteiger partial charge in [-0.05, 0) is 41.4 Å². The Hall–Kier alpha value is -1.30. The van der Waals surface area contributed by atoms with Gasteiger partial charge in [0.2, 0.25) is 0 Å². The third-order valence-corrected chi connectivity index (χ3v) is 2.04. The SMILES string of the molecule is C#Cc1cc(C(=O)Cl)ccc1C(=O)Cl. The van der Waals surface area contributed by atoms with Gasteiger partial charge in [0.25, 0.3) is 10.5 Å². The molecule has 0 bridgehead atoms. The Morgan fingerprint density at radius 3 is 2.29 bits per heavy atom. The van der Waals surface area contributed by atoms with Gasteiger partial charge in [-0.15, -0.1) is 6.42 Å². The molecule has 0 fully saturated rings. The second-order valence-corrected chi connectivity index (χ2v) is 3.14. The molecule has 0 aromatic heterocycles. The van der Waals surface area contributed by atoms with Crippen molar-refractivity contribution in [3.8, 4) is 12.3 Å². The molecule has 2 nitrogen and oxygen atoms in total. The van der Waals surface area contributed by atoms with Crippen LogP contribution in [0.15, 0.2) is 18.2 Å². The average Bonchev–Trinajstić information content (AvgIpc) is 2.16. The maximum absolute atomic E-state index is 10.9. The molecule has 0 saturated heterocycles. The van der Waals surface area contributed by atoms with E-state index >= 15 is 0 Å². The second-order valence-electron chi connectivity index (χ2n) is 2.45. The Bertz CT molecular complexity index is 444. The topological polar surface area (TPSA) is 34.1 Å². The number of terminal acetylenes is 1. The van der Waals surface area contributed by atoms with Crippen LogP contribution in [0.1, 0.15) is 26.3 Å². The molecule has 0 saturated carbocycles. The van der Waals surface area contributed by atoms with E-state index < -0.39 is 10.5 Å². The van der Waals surface area contributed by atoms with Gasteiger partial charge < -0.3 is 0 Å². The first kappa shape index (κ1) is 10.8. The minimum absolute atomic E-state index is 0.191. The summed E-state index contributed by atoms with van der Waals surface area (Å²) < 4.78 is 0. The van der Waals surface area contributed by atoms with Crippen LogP contribution in [-0.4, -0.2) is 10.5 Å². The monoisotopic (exact) mass is 226 g/mol. The van der Waals surface area contributed by atoms with E-state index in [1.165, 1.54) is 18.2 Å². The van der Waals surface area contributed by atoms with Crippen molar-refractivity contribution in [1.29, 1.82) is 0 Å². The minimum Gasteiger partial charge on any atom is -0.276 e. The van der Waals surface area contributed by atoms with Gasteiger partial charge in [-0.3, -0.25) is 9.59 Å². The van der Waals surface area contributed by atoms with E-state index in [0.717, 1.165) is 0 Å². The molecule has 1 aromatic carbocycles. The maximum atomic E-state index is 10.9. The summed E-state index contributed by atoms with van der Waals surface area (Å²) in [5.74, 6) is 2.26. The van der Waals surface area contributed by atoms with Gasteiger partial charge in [0, 0.05) is 16.7 Å². The number of carbonyl (C=O) groups is 2. The van der Waals surface area contributed by atoms with E-state index in [1.54, 1.807) is 0 Å². The highest BCUT2D eigenvalue weighted by atomic mass is 35.5. The molecule has 0 aliphatic heterocycles. The van der Waals surface area contributed by atoms with Gasteiger partial charge in [-0.1, -0.05) is 5.92 Å². The molecule has 0 amide bonds. The Labute approximate surface area is 90.8 Å². The lowest BCUT2D eigenvalue weighted by Crippen LogP contribution is -1.97. The highest BCUT2D eigenvalue weighted by Crippen LogP contribution is 2.14. The summed E-state index contributed by atoms with van der Waals surface area (Å²) in [6, 6.07) is 4.12. The van der Waals surface area contributed by atoms with Gasteiger partial charge in [-0.2, -0.15) is 0 Å². The highest BCUT2D eigenvalue weighted by molar-refractivity contribution is 6.68. The lowest BCUT2D eigenvalue weighted by molar-refractivity contribution is 0.107. The Morgan fingerprint density at radius 2 is 1.86 bits per heavy atom. The zero-order valence-corrected chi connectivity index (χ0v) is 8.39. The van der Waals surface area contributed by atoms with Crippen molar-refractivity contribution in [2.75, 3.05) is 0 Å². The molecule has 0 unspecified atom stereocenters. The van der Waals surface area contributed by atoms with Crippen molar-refractivity contribution >= 4 is 33.7 Å². The molecule has 0 aliphatic rings. The fourth-order valence-electron chi connectivity index (χ4n) is 0.957. The molecule has 0 aliphatic carbocycles. The first-order chi connectivity index (χ1) is 6.56. The van der Waals surface area contributed by atoms with Crippen LogP contribution in [0.5, 0.6) is 0 Å². The van der Waals surface area contributed by atoms with E-state index in [9.17, 15) is 9.59 Å². The number of hydrogen-bond acceptors (Lipinski definition) is 2. The third kappa shape index (κ3) is 2.14. The fourth-order valence-corrected chi connectivity index (χ4v) is 1.24. The van der Waals surface area contributed by atoms with E-state index in [-0.39, 0.29) is 16.7 Å². The van der Waals surface area contributed by atoms with Crippen LogP contribution in [0.3, 0.4) is 0 Å². The van der Waals surface area contributed by atoms with Gasteiger partial charge in [0.05, 0.1) is 0 Å². The first-order valence-corrected chi connectivity index (χ1v) is 4.32. The van der Waals surface area contributed by atoms with Crippen molar-refractivity contribution < 1.29 is 9.59 Å². The summed E-state index contributed by atoms with van der Waals surface area (Å²) in [5, 5.41) is -1.29. The molecule has 0 radical (unpaired) electrons. The molecule has 1 aromatic rings. The largest absolute Gasteiger partial charge is 0.276 e. The maximum Gasteiger partial charge on any atom is 0.253 e. The van der Waals surface area contributed by atoms with Gasteiger partial charge in [-0.25, -0.2) is 0 Å². The third-order valence-electron chi connectivity index (χ3n) is 1.61. The van der Waals surface area contributed by atoms with E-state index in [1.807, 2.05) is 0 Å². The second kappa shape index (κ2) is 4.28. The molecular formula is C10H4Cl2O2. The Morgan fingerprint density at radius 1 is 1.21 bits per heavy atom. The summed E-state index contributed by atoms with van der Waals surface area (Å²) in [6.07, 6.45) is 5.14. The summed E-state index contributed by atoms with van der Waals surface area (Å²) >= 11 is 10.5. The lowest BCUT2D eigenvalue weighted by Gasteiger charge is -2.00. The van der Waals surface area contributed by atoms with Gasteiger partial charge in [0.15, 0.2) is 0 Å². The van der Waals surface area contributed by atoms with Gasteiger partial charge in [0.1, 0.15) is 0 Å². The van der Waals surface area contributed by atoms with Crippen LogP contribution in [0.25, 0.3) is 0 Å². The smallest absolute Gasteiger partial charge is 0.253 e. The molecule has 70 valence electrons. The predicted octanol–water partition coefficient (Wildman–Crippen LogP) is 2.43. The van der Waals surface area contributed by atoms with E-state index in [0.29, 0.717) is 0 Å². The van der Waals surface area contributed by atoms with Crippen molar-refractivity contribution in [3.05, 3.63) is 34.9 Å². The number of benzene rings is 1. The summed E-state index contributed by atoms with van der Waals surface area (Å²) in [6.45, 7) is 0. The standard InChI is InChI=1S/C10H4Cl2O2/c1-2-6-5-7(9(11)13)3-4-8(6)10(12)14/h1,3-5H. The molecule has 0 spiro atoms. The lowest BCUT2D eigenvalue weighted by atomic mass is 10.1. The summed E-state index contributed by atoms with van der Waals surface area (Å²) in [5.41, 5.74) is 0.689. The van der Waals surface area contributed by atoms with Crippen LogP contribution < -0.4 is 0 Å². The molecule has 0 atom stereocenters. The number of hydrogen-bond donors (Lipinski definition) is 0. The minimum atomic E-state index is -0.661. The first-order valence-electron chi connectivity index (χ1n) is 3.56. The fraction of sp³-hybridized carbons (Fsp3) is 0. The van der Waals surface area contributed by atoms with Crippen LogP contribution in [0.2, 0.25) is 0 Å². The van der Waals surface area contributed by atoms with Crippen molar-refractivity contribution in [2.45, 2.75) is 0 Å². The molecule has 4 heteroatoms. The van der Waals surface area contributed by atoms with E-state index in [4.69, 9.17) is 29.6 Å². The van der Waals surface area contributed by atoms with Gasteiger partial charge >= 0.3 is 0 Å². The summed E-state index contributed by atoms with van der Waals surface area (Å²) in [4.78, 5) is 21.6. The summed E-state index contributed by atoms with van der Waals surface area (Å²) in [7, 11) is 0. The van der Waals surface area contributed by atoms with Crippen molar-refractivity contribution in [3.63, 3.8) is 0 Å². The number of halogens is 2. The van der Waals surface area contributed by atoms with E-state index in [2.05, 4.69) is 5.92 Å². The zero-order valence-electron chi connectivity index (χ0n) is 6.88. The highest BCUT2D eigenvalue weighted by Gasteiger charge is 2.10. The molecule has 0 heterocycles. The van der Waals surface area contributed by atoms with Crippen molar-refractivity contribution in [1.82, 2.24) is 0 Å². The van der Waals surface area contributed by atoms with Crippen LogP contribution in [0.4, 0.5) is 0 Å². The molecular weight excluding hydrogens is 223 g/mol. The van der Waals surface area contributed by atoms with Crippen LogP contribution >= 0.6 is 23.2 Å². The Kier molecular flexibility index (Phi) is 3.29. The number of carbonyl (C=O) groups excluding carboxylic acids is 2. The molecule has 14 heavy (non-hydrogen) atoms. The number of rotatable bonds is 2. The average molecular weight is 227 g/mol. The van der Waals surface area contributed by atoms with Crippen LogP contribution in [0, 0.1) is 12.3 Å².